The van der Waals surface area contributed by atoms with Gasteiger partial charge in [-0.2, -0.15) is 5.10 Å². The highest BCUT2D eigenvalue weighted by Crippen LogP contribution is 2.29. The zero-order valence-electron chi connectivity index (χ0n) is 22.3. The number of hydrogen-bond donors (Lipinski definition) is 3. The minimum Gasteiger partial charge on any atom is -0.351 e. The number of nitrogens with zero attached hydrogens (tertiary/aromatic N) is 3. The van der Waals surface area contributed by atoms with E-state index in [-0.39, 0.29) is 35.0 Å². The van der Waals surface area contributed by atoms with E-state index < -0.39 is 15.6 Å². The summed E-state index contributed by atoms with van der Waals surface area (Å²) in [6, 6.07) is 8.29. The number of likely N-dealkylation sites (N-methyl/N-ethyl adjacent to an activating group) is 1. The van der Waals surface area contributed by atoms with Gasteiger partial charge in [-0.1, -0.05) is 31.9 Å². The Hall–Kier alpha value is -3.09. The number of amides is 2. The molecule has 1 aromatic heterocycles. The zero-order chi connectivity index (χ0) is 27.9. The second-order valence-corrected chi connectivity index (χ2v) is 11.5. The lowest BCUT2D eigenvalue weighted by atomic mass is 9.94. The molecule has 0 radical (unpaired) electrons. The van der Waals surface area contributed by atoms with Crippen LogP contribution in [0.4, 0.5) is 0 Å². The largest absolute Gasteiger partial charge is 0.351 e. The van der Waals surface area contributed by atoms with Crippen molar-refractivity contribution in [3.8, 4) is 0 Å². The fraction of sp³-hybridized carbons (Fsp3) is 0.538. The molecule has 1 atom stereocenters. The number of benzene rings is 1. The van der Waals surface area contributed by atoms with Crippen molar-refractivity contribution in [2.45, 2.75) is 75.4 Å². The number of carbonyl (C=O) groups excluding carboxylic acids is 3. The maximum Gasteiger partial charge on any atom is 0.273 e. The lowest BCUT2D eigenvalue weighted by Crippen LogP contribution is -2.65. The van der Waals surface area contributed by atoms with Gasteiger partial charge in [0.15, 0.2) is 6.29 Å². The van der Waals surface area contributed by atoms with E-state index in [0.717, 1.165) is 50.6 Å². The van der Waals surface area contributed by atoms with E-state index in [1.807, 2.05) is 14.0 Å². The molecule has 4 N–H and O–H groups in total. The van der Waals surface area contributed by atoms with Crippen LogP contribution in [0.3, 0.4) is 0 Å². The van der Waals surface area contributed by atoms with Crippen LogP contribution in [0.2, 0.25) is 0 Å². The van der Waals surface area contributed by atoms with E-state index in [1.165, 1.54) is 22.9 Å². The van der Waals surface area contributed by atoms with E-state index in [2.05, 4.69) is 15.7 Å². The molecule has 1 saturated carbocycles. The van der Waals surface area contributed by atoms with Gasteiger partial charge in [0.25, 0.3) is 5.91 Å². The van der Waals surface area contributed by atoms with E-state index in [1.54, 1.807) is 24.0 Å². The molecule has 2 amide bonds. The summed E-state index contributed by atoms with van der Waals surface area (Å²) >= 11 is 0. The Balaban J connectivity index is 0.000000244. The molecule has 12 heteroatoms. The average Bonchev–Trinajstić information content (AvgIpc) is 3.55. The molecule has 11 nitrogen and oxygen atoms in total. The second kappa shape index (κ2) is 12.6. The van der Waals surface area contributed by atoms with Crippen molar-refractivity contribution >= 4 is 28.1 Å². The van der Waals surface area contributed by atoms with E-state index in [4.69, 9.17) is 5.14 Å². The Morgan fingerprint density at radius 1 is 1.24 bits per heavy atom. The topological polar surface area (TPSA) is 156 Å². The molecule has 0 bridgehead atoms. The normalized spacial score (nSPS) is 19.5. The number of nitrogens with two attached hydrogens (primary N) is 1. The fourth-order valence-electron chi connectivity index (χ4n) is 4.82. The average molecular weight is 547 g/mol. The molecule has 2 heterocycles. The summed E-state index contributed by atoms with van der Waals surface area (Å²) in [4.78, 5) is 38.6. The minimum absolute atomic E-state index is 0.134. The van der Waals surface area contributed by atoms with Gasteiger partial charge in [0, 0.05) is 12.6 Å². The molecule has 1 fully saturated rings. The van der Waals surface area contributed by atoms with Crippen LogP contribution in [0.15, 0.2) is 35.2 Å². The molecule has 2 aliphatic rings. The Morgan fingerprint density at radius 3 is 2.45 bits per heavy atom. The van der Waals surface area contributed by atoms with Crippen LogP contribution in [-0.2, 0) is 27.8 Å². The lowest BCUT2D eigenvalue weighted by molar-refractivity contribution is -0.133. The summed E-state index contributed by atoms with van der Waals surface area (Å²) in [7, 11) is -1.68. The van der Waals surface area contributed by atoms with Crippen LogP contribution in [-0.4, -0.2) is 72.9 Å². The second-order valence-electron chi connectivity index (χ2n) is 9.96. The summed E-state index contributed by atoms with van der Waals surface area (Å²) in [5.74, 6) is -0.377. The van der Waals surface area contributed by atoms with Crippen LogP contribution in [0.25, 0.3) is 0 Å². The number of carbonyl (C=O) groups is 3. The lowest BCUT2D eigenvalue weighted by Gasteiger charge is -2.43. The van der Waals surface area contributed by atoms with Crippen LogP contribution < -0.4 is 15.8 Å². The number of aromatic nitrogens is 2. The highest BCUT2D eigenvalue weighted by atomic mass is 32.2. The third-order valence-electron chi connectivity index (χ3n) is 6.98. The molecular weight excluding hydrogens is 508 g/mol. The van der Waals surface area contributed by atoms with Gasteiger partial charge < -0.3 is 15.5 Å². The van der Waals surface area contributed by atoms with Crippen LogP contribution >= 0.6 is 0 Å². The van der Waals surface area contributed by atoms with Crippen molar-refractivity contribution in [1.82, 2.24) is 25.3 Å². The molecule has 1 aliphatic carbocycles. The zero-order valence-corrected chi connectivity index (χ0v) is 23.1. The summed E-state index contributed by atoms with van der Waals surface area (Å²) in [6.45, 7) is 5.39. The Bertz CT molecular complexity index is 1240. The number of primary sulfonamides is 1. The molecular formula is C26H38N6O5S. The number of sulfonamides is 1. The van der Waals surface area contributed by atoms with Gasteiger partial charge >= 0.3 is 0 Å². The van der Waals surface area contributed by atoms with Gasteiger partial charge in [-0.05, 0) is 70.0 Å². The Labute approximate surface area is 224 Å². The first-order chi connectivity index (χ1) is 18.0. The molecule has 1 unspecified atom stereocenters. The number of nitrogens with one attached hydrogen (secondary N) is 2. The highest BCUT2D eigenvalue weighted by molar-refractivity contribution is 7.89. The van der Waals surface area contributed by atoms with Crippen molar-refractivity contribution in [1.29, 1.82) is 0 Å². The van der Waals surface area contributed by atoms with Crippen LogP contribution in [0, 0.1) is 0 Å². The van der Waals surface area contributed by atoms with Gasteiger partial charge in [-0.15, -0.1) is 0 Å². The number of aldehydes is 1. The van der Waals surface area contributed by atoms with E-state index >= 15 is 0 Å². The quantitative estimate of drug-likeness (QED) is 0.402. The first-order valence-corrected chi connectivity index (χ1v) is 14.5. The summed E-state index contributed by atoms with van der Waals surface area (Å²) in [5, 5.41) is 15.2. The molecule has 0 saturated heterocycles. The third-order valence-corrected chi connectivity index (χ3v) is 7.91. The summed E-state index contributed by atoms with van der Waals surface area (Å²) in [5.41, 5.74) is 0.688. The van der Waals surface area contributed by atoms with Gasteiger partial charge in [-0.25, -0.2) is 13.6 Å². The maximum atomic E-state index is 13.0. The molecule has 1 aromatic carbocycles. The van der Waals surface area contributed by atoms with Crippen LogP contribution in [0.5, 0.6) is 0 Å². The Morgan fingerprint density at radius 2 is 1.89 bits per heavy atom. The first kappa shape index (κ1) is 29.5. The van der Waals surface area contributed by atoms with Gasteiger partial charge in [0.05, 0.1) is 11.4 Å². The minimum atomic E-state index is -3.56. The Kier molecular flexibility index (Phi) is 9.80. The maximum absolute atomic E-state index is 13.0. The standard InChI is InChI=1S/C17H24N4O3.C9H14N2O2S/c1-3-8-20-15(23)14-9-13(10-22)19-21(14)11-17(20,2)16(24)18-12-6-4-5-7-12;1-11-7-6-8-2-4-9(5-3-8)14(10,12)13/h9-10,12H,3-8,11H2,1-2H3,(H,18,24);2-5,11H,6-7H2,1H3,(H2,10,12,13). The molecule has 4 rings (SSSR count). The van der Waals surface area contributed by atoms with E-state index in [9.17, 15) is 22.8 Å². The monoisotopic (exact) mass is 546 g/mol. The molecule has 1 aliphatic heterocycles. The molecule has 0 spiro atoms. The molecule has 208 valence electrons. The smallest absolute Gasteiger partial charge is 0.273 e. The summed E-state index contributed by atoms with van der Waals surface area (Å²) < 4.78 is 23.3. The number of fused-ring (bicyclic) bond motifs is 1. The third kappa shape index (κ3) is 6.86. The van der Waals surface area contributed by atoms with Gasteiger partial charge in [-0.3, -0.25) is 19.1 Å². The van der Waals surface area contributed by atoms with Crippen molar-refractivity contribution in [3.05, 3.63) is 47.3 Å². The van der Waals surface area contributed by atoms with Crippen molar-refractivity contribution in [3.63, 3.8) is 0 Å². The molecule has 2 aromatic rings. The SMILES string of the molecule is CCCN1C(=O)c2cc(C=O)nn2CC1(C)C(=O)NC1CCCC1.CNCCc1ccc(S(N)(=O)=O)cc1. The van der Waals surface area contributed by atoms with E-state index in [0.29, 0.717) is 18.5 Å². The predicted octanol–water partition coefficient (Wildman–Crippen LogP) is 1.47. The highest BCUT2D eigenvalue weighted by Gasteiger charge is 2.48. The number of hydrogen-bond acceptors (Lipinski definition) is 7. The first-order valence-electron chi connectivity index (χ1n) is 13.0. The fourth-order valence-corrected chi connectivity index (χ4v) is 5.33. The van der Waals surface area contributed by atoms with Crippen molar-refractivity contribution in [2.75, 3.05) is 20.1 Å². The van der Waals surface area contributed by atoms with Gasteiger partial charge in [0.2, 0.25) is 15.9 Å². The van der Waals surface area contributed by atoms with Gasteiger partial charge in [0.1, 0.15) is 16.9 Å². The summed E-state index contributed by atoms with van der Waals surface area (Å²) in [6.07, 6.45) is 6.50. The van der Waals surface area contributed by atoms with Crippen molar-refractivity contribution in [2.24, 2.45) is 5.14 Å². The van der Waals surface area contributed by atoms with Crippen LogP contribution in [0.1, 0.15) is 72.5 Å². The predicted molar refractivity (Wildman–Crippen MR) is 143 cm³/mol. The molecule has 38 heavy (non-hydrogen) atoms. The number of rotatable bonds is 9. The van der Waals surface area contributed by atoms with Crippen molar-refractivity contribution < 1.29 is 22.8 Å².